The number of aryl methyl sites for hydroxylation is 2. The molecule has 0 spiro atoms. The number of ether oxygens (including phenoxy) is 1. The van der Waals surface area contributed by atoms with Crippen LogP contribution in [0.3, 0.4) is 0 Å². The van der Waals surface area contributed by atoms with Gasteiger partial charge in [-0.25, -0.2) is 4.79 Å². The van der Waals surface area contributed by atoms with E-state index in [0.29, 0.717) is 16.8 Å². The van der Waals surface area contributed by atoms with Gasteiger partial charge >= 0.3 is 5.97 Å². The van der Waals surface area contributed by atoms with Gasteiger partial charge in [-0.3, -0.25) is 9.59 Å². The maximum absolute atomic E-state index is 12.2. The van der Waals surface area contributed by atoms with Crippen LogP contribution in [0, 0.1) is 13.8 Å². The van der Waals surface area contributed by atoms with Crippen LogP contribution in [0.4, 0.5) is 5.69 Å². The fourth-order valence-corrected chi connectivity index (χ4v) is 2.38. The Kier molecular flexibility index (Phi) is 5.70. The standard InChI is InChI=1S/C20H21NO4/c1-12-8-9-18(13(2)10-12)20(24)25-15(4)19(23)21-17-7-5-6-16(11-17)14(3)22/h5-11,15H,1-4H3,(H,21,23). The number of Topliss-reactive ketones (excluding diaryl/α,β-unsaturated/α-hetero) is 1. The summed E-state index contributed by atoms with van der Waals surface area (Å²) in [6.07, 6.45) is -0.964. The highest BCUT2D eigenvalue weighted by atomic mass is 16.5. The lowest BCUT2D eigenvalue weighted by Crippen LogP contribution is -2.30. The minimum absolute atomic E-state index is 0.0922. The van der Waals surface area contributed by atoms with E-state index in [2.05, 4.69) is 5.32 Å². The molecule has 130 valence electrons. The van der Waals surface area contributed by atoms with Crippen LogP contribution in [0.25, 0.3) is 0 Å². The van der Waals surface area contributed by atoms with Gasteiger partial charge < -0.3 is 10.1 Å². The summed E-state index contributed by atoms with van der Waals surface area (Å²) in [6.45, 7) is 6.72. The molecule has 1 atom stereocenters. The normalized spacial score (nSPS) is 11.5. The number of amides is 1. The molecule has 1 amide bonds. The van der Waals surface area contributed by atoms with Crippen LogP contribution in [0.15, 0.2) is 42.5 Å². The summed E-state index contributed by atoms with van der Waals surface area (Å²) in [4.78, 5) is 35.9. The molecule has 0 aliphatic carbocycles. The fourth-order valence-electron chi connectivity index (χ4n) is 2.38. The van der Waals surface area contributed by atoms with Crippen LogP contribution in [-0.4, -0.2) is 23.8 Å². The van der Waals surface area contributed by atoms with Crippen molar-refractivity contribution in [2.75, 3.05) is 5.32 Å². The number of nitrogens with one attached hydrogen (secondary N) is 1. The van der Waals surface area contributed by atoms with E-state index in [0.717, 1.165) is 11.1 Å². The van der Waals surface area contributed by atoms with Gasteiger partial charge in [-0.1, -0.05) is 29.8 Å². The van der Waals surface area contributed by atoms with E-state index in [1.165, 1.54) is 13.8 Å². The molecule has 25 heavy (non-hydrogen) atoms. The first-order valence-corrected chi connectivity index (χ1v) is 7.98. The summed E-state index contributed by atoms with van der Waals surface area (Å²) in [5.74, 6) is -1.10. The zero-order valence-corrected chi connectivity index (χ0v) is 14.8. The van der Waals surface area contributed by atoms with Gasteiger partial charge in [-0.15, -0.1) is 0 Å². The van der Waals surface area contributed by atoms with Crippen molar-refractivity contribution >= 4 is 23.3 Å². The van der Waals surface area contributed by atoms with E-state index in [9.17, 15) is 14.4 Å². The number of anilines is 1. The van der Waals surface area contributed by atoms with E-state index < -0.39 is 18.0 Å². The van der Waals surface area contributed by atoms with Crippen LogP contribution in [0.1, 0.15) is 45.7 Å². The molecule has 0 fully saturated rings. The zero-order valence-electron chi connectivity index (χ0n) is 14.8. The van der Waals surface area contributed by atoms with Gasteiger partial charge in [-0.2, -0.15) is 0 Å². The quantitative estimate of drug-likeness (QED) is 0.666. The molecular formula is C20H21NO4. The molecule has 5 heteroatoms. The monoisotopic (exact) mass is 339 g/mol. The molecule has 0 saturated carbocycles. The number of carbonyl (C=O) groups is 3. The van der Waals surface area contributed by atoms with Crippen molar-refractivity contribution in [2.45, 2.75) is 33.8 Å². The molecule has 2 aromatic carbocycles. The minimum Gasteiger partial charge on any atom is -0.449 e. The second-order valence-corrected chi connectivity index (χ2v) is 5.99. The second-order valence-electron chi connectivity index (χ2n) is 5.99. The zero-order chi connectivity index (χ0) is 18.6. The molecular weight excluding hydrogens is 318 g/mol. The average molecular weight is 339 g/mol. The first-order chi connectivity index (χ1) is 11.8. The Morgan fingerprint density at radius 1 is 1.04 bits per heavy atom. The van der Waals surface area contributed by atoms with Crippen LogP contribution >= 0.6 is 0 Å². The van der Waals surface area contributed by atoms with Gasteiger partial charge in [0.2, 0.25) is 0 Å². The summed E-state index contributed by atoms with van der Waals surface area (Å²) in [6, 6.07) is 12.0. The van der Waals surface area contributed by atoms with Crippen molar-refractivity contribution in [1.29, 1.82) is 0 Å². The molecule has 0 aliphatic rings. The van der Waals surface area contributed by atoms with Crippen molar-refractivity contribution in [1.82, 2.24) is 0 Å². The molecule has 2 rings (SSSR count). The van der Waals surface area contributed by atoms with Crippen LogP contribution in [-0.2, 0) is 9.53 Å². The number of ketones is 1. The molecule has 0 bridgehead atoms. The van der Waals surface area contributed by atoms with Crippen molar-refractivity contribution < 1.29 is 19.1 Å². The lowest BCUT2D eigenvalue weighted by molar-refractivity contribution is -0.123. The van der Waals surface area contributed by atoms with E-state index in [-0.39, 0.29) is 5.78 Å². The number of benzene rings is 2. The Balaban J connectivity index is 2.03. The Morgan fingerprint density at radius 2 is 1.76 bits per heavy atom. The first-order valence-electron chi connectivity index (χ1n) is 7.98. The van der Waals surface area contributed by atoms with E-state index in [4.69, 9.17) is 4.74 Å². The number of carbonyl (C=O) groups excluding carboxylic acids is 3. The lowest BCUT2D eigenvalue weighted by Gasteiger charge is -2.15. The highest BCUT2D eigenvalue weighted by Gasteiger charge is 2.20. The van der Waals surface area contributed by atoms with E-state index in [1.54, 1.807) is 30.3 Å². The summed E-state index contributed by atoms with van der Waals surface area (Å²) >= 11 is 0. The van der Waals surface area contributed by atoms with Gasteiger partial charge in [-0.05, 0) is 51.5 Å². The van der Waals surface area contributed by atoms with Crippen LogP contribution in [0.2, 0.25) is 0 Å². The van der Waals surface area contributed by atoms with Crippen molar-refractivity contribution in [3.05, 3.63) is 64.7 Å². The minimum atomic E-state index is -0.964. The molecule has 0 heterocycles. The number of esters is 1. The summed E-state index contributed by atoms with van der Waals surface area (Å²) in [7, 11) is 0. The van der Waals surface area contributed by atoms with Gasteiger partial charge in [0.25, 0.3) is 5.91 Å². The van der Waals surface area contributed by atoms with Crippen molar-refractivity contribution in [3.8, 4) is 0 Å². The van der Waals surface area contributed by atoms with Gasteiger partial charge in [0.05, 0.1) is 5.56 Å². The molecule has 5 nitrogen and oxygen atoms in total. The van der Waals surface area contributed by atoms with Gasteiger partial charge in [0.1, 0.15) is 0 Å². The maximum atomic E-state index is 12.2. The second kappa shape index (κ2) is 7.75. The smallest absolute Gasteiger partial charge is 0.339 e. The molecule has 1 N–H and O–H groups in total. The van der Waals surface area contributed by atoms with Crippen LogP contribution in [0.5, 0.6) is 0 Å². The first kappa shape index (κ1) is 18.4. The third kappa shape index (κ3) is 4.76. The highest BCUT2D eigenvalue weighted by molar-refractivity contribution is 5.99. The topological polar surface area (TPSA) is 72.5 Å². The van der Waals surface area contributed by atoms with Crippen molar-refractivity contribution in [2.24, 2.45) is 0 Å². The van der Waals surface area contributed by atoms with Gasteiger partial charge in [0, 0.05) is 11.3 Å². The third-order valence-corrected chi connectivity index (χ3v) is 3.79. The predicted octanol–water partition coefficient (Wildman–Crippen LogP) is 3.69. The Labute approximate surface area is 147 Å². The molecule has 2 aromatic rings. The number of rotatable bonds is 5. The van der Waals surface area contributed by atoms with Crippen LogP contribution < -0.4 is 5.32 Å². The highest BCUT2D eigenvalue weighted by Crippen LogP contribution is 2.15. The molecule has 0 radical (unpaired) electrons. The molecule has 1 unspecified atom stereocenters. The number of hydrogen-bond donors (Lipinski definition) is 1. The average Bonchev–Trinajstić information content (AvgIpc) is 2.54. The SMILES string of the molecule is CC(=O)c1cccc(NC(=O)C(C)OC(=O)c2ccc(C)cc2C)c1. The molecule has 0 aromatic heterocycles. The maximum Gasteiger partial charge on any atom is 0.339 e. The predicted molar refractivity (Wildman–Crippen MR) is 95.9 cm³/mol. The summed E-state index contributed by atoms with van der Waals surface area (Å²) in [5.41, 5.74) is 3.26. The van der Waals surface area contributed by atoms with E-state index in [1.807, 2.05) is 26.0 Å². The van der Waals surface area contributed by atoms with Crippen molar-refractivity contribution in [3.63, 3.8) is 0 Å². The molecule has 0 aliphatic heterocycles. The summed E-state index contributed by atoms with van der Waals surface area (Å²) < 4.78 is 5.25. The van der Waals surface area contributed by atoms with E-state index >= 15 is 0 Å². The largest absolute Gasteiger partial charge is 0.449 e. The Hall–Kier alpha value is -2.95. The lowest BCUT2D eigenvalue weighted by atomic mass is 10.1. The summed E-state index contributed by atoms with van der Waals surface area (Å²) in [5, 5.41) is 2.65. The Bertz CT molecular complexity index is 826. The Morgan fingerprint density at radius 3 is 2.40 bits per heavy atom. The van der Waals surface area contributed by atoms with Gasteiger partial charge in [0.15, 0.2) is 11.9 Å². The molecule has 0 saturated heterocycles. The fraction of sp³-hybridized carbons (Fsp3) is 0.250. The number of hydrogen-bond acceptors (Lipinski definition) is 4. The third-order valence-electron chi connectivity index (χ3n) is 3.79.